The molecule has 1 atom stereocenters. The summed E-state index contributed by atoms with van der Waals surface area (Å²) in [6.07, 6.45) is 0.361. The molecule has 0 fully saturated rings. The van der Waals surface area contributed by atoms with Gasteiger partial charge in [0.25, 0.3) is 0 Å². The predicted molar refractivity (Wildman–Crippen MR) is 57.8 cm³/mol. The molecule has 1 rings (SSSR count). The minimum atomic E-state index is -0.299. The summed E-state index contributed by atoms with van der Waals surface area (Å²) in [6.45, 7) is 2.31. The fourth-order valence-electron chi connectivity index (χ4n) is 1.07. The van der Waals surface area contributed by atoms with Crippen LogP contribution in [0.2, 0.25) is 0 Å². The summed E-state index contributed by atoms with van der Waals surface area (Å²) in [5.74, 6) is 0.838. The Morgan fingerprint density at radius 3 is 2.50 bits per heavy atom. The van der Waals surface area contributed by atoms with Gasteiger partial charge in [-0.3, -0.25) is 0 Å². The zero-order valence-corrected chi connectivity index (χ0v) is 8.66. The number of ether oxygens (including phenoxy) is 1. The summed E-state index contributed by atoms with van der Waals surface area (Å²) < 4.78 is 5.43. The number of hydrogen-bond donors (Lipinski definition) is 2. The maximum atomic E-state index is 9.02. The van der Waals surface area contributed by atoms with Gasteiger partial charge in [0.1, 0.15) is 5.75 Å². The molecule has 0 saturated heterocycles. The molecule has 1 aromatic rings. The second-order valence-electron chi connectivity index (χ2n) is 3.26. The van der Waals surface area contributed by atoms with Crippen molar-refractivity contribution >= 4 is 5.69 Å². The molecule has 0 aliphatic carbocycles. The number of rotatable bonds is 5. The molecule has 3 heteroatoms. The molecule has 0 radical (unpaired) electrons. The van der Waals surface area contributed by atoms with Gasteiger partial charge in [-0.15, -0.1) is 0 Å². The minimum absolute atomic E-state index is 0.299. The van der Waals surface area contributed by atoms with Crippen molar-refractivity contribution < 1.29 is 9.84 Å². The van der Waals surface area contributed by atoms with Crippen LogP contribution < -0.4 is 10.1 Å². The lowest BCUT2D eigenvalue weighted by molar-refractivity contribution is 0.155. The Labute approximate surface area is 84.7 Å². The average molecular weight is 195 g/mol. The van der Waals surface area contributed by atoms with E-state index in [-0.39, 0.29) is 6.10 Å². The molecule has 0 heterocycles. The van der Waals surface area contributed by atoms with Crippen LogP contribution in [0.1, 0.15) is 13.3 Å². The molecule has 0 aromatic heterocycles. The van der Waals surface area contributed by atoms with Crippen molar-refractivity contribution in [2.24, 2.45) is 0 Å². The molecule has 3 nitrogen and oxygen atoms in total. The van der Waals surface area contributed by atoms with Gasteiger partial charge in [0, 0.05) is 19.2 Å². The van der Waals surface area contributed by atoms with Gasteiger partial charge in [-0.1, -0.05) is 0 Å². The second kappa shape index (κ2) is 5.50. The second-order valence-corrected chi connectivity index (χ2v) is 3.26. The van der Waals surface area contributed by atoms with Crippen molar-refractivity contribution in [2.75, 3.05) is 19.0 Å². The number of aliphatic hydroxyl groups excluding tert-OH is 1. The van der Waals surface area contributed by atoms with E-state index in [2.05, 4.69) is 5.32 Å². The van der Waals surface area contributed by atoms with E-state index in [1.807, 2.05) is 31.3 Å². The molecule has 1 aromatic carbocycles. The first-order chi connectivity index (χ1) is 6.72. The van der Waals surface area contributed by atoms with Gasteiger partial charge in [-0.05, 0) is 31.2 Å². The summed E-state index contributed by atoms with van der Waals surface area (Å²) in [6, 6.07) is 7.73. The van der Waals surface area contributed by atoms with Crippen molar-refractivity contribution in [3.8, 4) is 5.75 Å². The highest BCUT2D eigenvalue weighted by atomic mass is 16.5. The lowest BCUT2D eigenvalue weighted by Gasteiger charge is -2.08. The molecule has 0 aliphatic rings. The Balaban J connectivity index is 2.36. The molecule has 14 heavy (non-hydrogen) atoms. The first-order valence-electron chi connectivity index (χ1n) is 4.81. The molecule has 0 bridgehead atoms. The third-order valence-corrected chi connectivity index (χ3v) is 1.95. The van der Waals surface area contributed by atoms with Gasteiger partial charge in [0.2, 0.25) is 0 Å². The maximum absolute atomic E-state index is 9.02. The number of aliphatic hydroxyl groups is 1. The van der Waals surface area contributed by atoms with Crippen LogP contribution in [0.3, 0.4) is 0 Å². The highest BCUT2D eigenvalue weighted by Gasteiger charge is 1.97. The molecular formula is C11H17NO2. The normalized spacial score (nSPS) is 12.2. The van der Waals surface area contributed by atoms with Crippen LogP contribution in [0.15, 0.2) is 24.3 Å². The zero-order valence-electron chi connectivity index (χ0n) is 8.66. The number of hydrogen-bond acceptors (Lipinski definition) is 3. The summed E-state index contributed by atoms with van der Waals surface area (Å²) in [7, 11) is 1.88. The summed E-state index contributed by atoms with van der Waals surface area (Å²) >= 11 is 0. The highest BCUT2D eigenvalue weighted by molar-refractivity contribution is 5.45. The Morgan fingerprint density at radius 1 is 1.36 bits per heavy atom. The van der Waals surface area contributed by atoms with Crippen molar-refractivity contribution in [1.29, 1.82) is 0 Å². The van der Waals surface area contributed by atoms with Gasteiger partial charge < -0.3 is 15.2 Å². The fourth-order valence-corrected chi connectivity index (χ4v) is 1.07. The van der Waals surface area contributed by atoms with Crippen LogP contribution in [0, 0.1) is 0 Å². The number of anilines is 1. The monoisotopic (exact) mass is 195 g/mol. The van der Waals surface area contributed by atoms with Gasteiger partial charge in [0.05, 0.1) is 12.7 Å². The van der Waals surface area contributed by atoms with Crippen LogP contribution in [0.25, 0.3) is 0 Å². The zero-order chi connectivity index (χ0) is 10.4. The smallest absolute Gasteiger partial charge is 0.119 e. The van der Waals surface area contributed by atoms with E-state index < -0.39 is 0 Å². The SMILES string of the molecule is CNc1ccc(OCCC(C)O)cc1. The van der Waals surface area contributed by atoms with E-state index in [1.165, 1.54) is 0 Å². The quantitative estimate of drug-likeness (QED) is 0.753. The van der Waals surface area contributed by atoms with Crippen LogP contribution in [-0.2, 0) is 0 Å². The Hall–Kier alpha value is -1.22. The van der Waals surface area contributed by atoms with Gasteiger partial charge >= 0.3 is 0 Å². The largest absolute Gasteiger partial charge is 0.493 e. The average Bonchev–Trinajstić information content (AvgIpc) is 2.18. The van der Waals surface area contributed by atoms with Gasteiger partial charge in [-0.25, -0.2) is 0 Å². The Kier molecular flexibility index (Phi) is 4.26. The molecule has 0 aliphatic heterocycles. The lowest BCUT2D eigenvalue weighted by Crippen LogP contribution is -2.07. The first-order valence-corrected chi connectivity index (χ1v) is 4.81. The maximum Gasteiger partial charge on any atom is 0.119 e. The van der Waals surface area contributed by atoms with E-state index in [9.17, 15) is 0 Å². The third-order valence-electron chi connectivity index (χ3n) is 1.95. The Bertz CT molecular complexity index is 256. The molecule has 1 unspecified atom stereocenters. The fraction of sp³-hybridized carbons (Fsp3) is 0.455. The lowest BCUT2D eigenvalue weighted by atomic mass is 10.3. The number of nitrogens with one attached hydrogen (secondary N) is 1. The summed E-state index contributed by atoms with van der Waals surface area (Å²) in [4.78, 5) is 0. The van der Waals surface area contributed by atoms with Crippen molar-refractivity contribution in [3.05, 3.63) is 24.3 Å². The predicted octanol–water partition coefficient (Wildman–Crippen LogP) is 1.88. The minimum Gasteiger partial charge on any atom is -0.493 e. The first kappa shape index (κ1) is 10.9. The molecule has 0 spiro atoms. The van der Waals surface area contributed by atoms with E-state index >= 15 is 0 Å². The highest BCUT2D eigenvalue weighted by Crippen LogP contribution is 2.15. The number of benzene rings is 1. The van der Waals surface area contributed by atoms with Crippen LogP contribution in [0.4, 0.5) is 5.69 Å². The van der Waals surface area contributed by atoms with Crippen molar-refractivity contribution in [3.63, 3.8) is 0 Å². The van der Waals surface area contributed by atoms with E-state index in [4.69, 9.17) is 9.84 Å². The molecule has 78 valence electrons. The molecular weight excluding hydrogens is 178 g/mol. The van der Waals surface area contributed by atoms with Crippen LogP contribution >= 0.6 is 0 Å². The molecule has 0 saturated carbocycles. The van der Waals surface area contributed by atoms with Gasteiger partial charge in [-0.2, -0.15) is 0 Å². The van der Waals surface area contributed by atoms with E-state index in [0.717, 1.165) is 11.4 Å². The summed E-state index contributed by atoms with van der Waals surface area (Å²) in [5.41, 5.74) is 1.06. The standard InChI is InChI=1S/C11H17NO2/c1-9(13)7-8-14-11-5-3-10(12-2)4-6-11/h3-6,9,12-13H,7-8H2,1-2H3. The van der Waals surface area contributed by atoms with E-state index in [0.29, 0.717) is 13.0 Å². The summed E-state index contributed by atoms with van der Waals surface area (Å²) in [5, 5.41) is 12.1. The molecule has 0 amide bonds. The van der Waals surface area contributed by atoms with Crippen molar-refractivity contribution in [1.82, 2.24) is 0 Å². The topological polar surface area (TPSA) is 41.5 Å². The Morgan fingerprint density at radius 2 is 2.00 bits per heavy atom. The molecule has 2 N–H and O–H groups in total. The third kappa shape index (κ3) is 3.66. The van der Waals surface area contributed by atoms with Crippen molar-refractivity contribution in [2.45, 2.75) is 19.4 Å². The van der Waals surface area contributed by atoms with Crippen LogP contribution in [-0.4, -0.2) is 24.9 Å². The van der Waals surface area contributed by atoms with Crippen LogP contribution in [0.5, 0.6) is 5.75 Å². The van der Waals surface area contributed by atoms with Gasteiger partial charge in [0.15, 0.2) is 0 Å². The van der Waals surface area contributed by atoms with E-state index in [1.54, 1.807) is 6.92 Å².